The van der Waals surface area contributed by atoms with E-state index in [0.717, 1.165) is 24.3 Å². The summed E-state index contributed by atoms with van der Waals surface area (Å²) in [4.78, 5) is 30.8. The number of nitrogens with one attached hydrogen (secondary N) is 2. The quantitative estimate of drug-likeness (QED) is 0.171. The van der Waals surface area contributed by atoms with E-state index in [-0.39, 0.29) is 30.0 Å². The number of sulfonamides is 1. The predicted octanol–water partition coefficient (Wildman–Crippen LogP) is 4.04. The second-order valence-electron chi connectivity index (χ2n) is 8.42. The van der Waals surface area contributed by atoms with Gasteiger partial charge in [-0.05, 0) is 48.7 Å². The third kappa shape index (κ3) is 8.56. The summed E-state index contributed by atoms with van der Waals surface area (Å²) < 4.78 is 72.8. The van der Waals surface area contributed by atoms with E-state index in [1.54, 1.807) is 30.3 Å². The molecule has 14 heteroatoms. The molecule has 0 aliphatic rings. The van der Waals surface area contributed by atoms with Gasteiger partial charge in [-0.2, -0.15) is 13.5 Å². The molecule has 0 aliphatic carbocycles. The Hall–Kier alpha value is -2.86. The first kappa shape index (κ1) is 30.7. The average molecular weight is 603 g/mol. The van der Waals surface area contributed by atoms with Gasteiger partial charge in [0.05, 0.1) is 11.5 Å². The first-order valence-corrected chi connectivity index (χ1v) is 15.0. The Morgan fingerprint density at radius 3 is 2.31 bits per heavy atom. The van der Waals surface area contributed by atoms with Gasteiger partial charge >= 0.3 is 13.3 Å². The highest BCUT2D eigenvalue weighted by Gasteiger charge is 2.50. The van der Waals surface area contributed by atoms with Crippen LogP contribution in [0.1, 0.15) is 17.5 Å². The zero-order valence-corrected chi connectivity index (χ0v) is 22.8. The van der Waals surface area contributed by atoms with E-state index < -0.39 is 40.8 Å². The minimum atomic E-state index is -5.76. The SMILES string of the molecule is O=C(NCCCOc1cccc(Cl)c1)[C@H](Cc1ccc(C(F)(F)P(=O)(O)O)cc1)NS(=O)(=O)c1ccccc1. The van der Waals surface area contributed by atoms with Gasteiger partial charge in [0.1, 0.15) is 11.8 Å². The molecule has 0 aromatic heterocycles. The van der Waals surface area contributed by atoms with Crippen LogP contribution in [0.15, 0.2) is 83.8 Å². The predicted molar refractivity (Wildman–Crippen MR) is 141 cm³/mol. The van der Waals surface area contributed by atoms with Crippen molar-refractivity contribution in [1.82, 2.24) is 10.0 Å². The lowest BCUT2D eigenvalue weighted by atomic mass is 10.0. The Morgan fingerprint density at radius 2 is 1.69 bits per heavy atom. The summed E-state index contributed by atoms with van der Waals surface area (Å²) in [5.74, 6) is -0.114. The maximum Gasteiger partial charge on any atom is 0.399 e. The topological polar surface area (TPSA) is 142 Å². The van der Waals surface area contributed by atoms with E-state index in [1.807, 2.05) is 0 Å². The molecule has 0 fully saturated rings. The van der Waals surface area contributed by atoms with Crippen molar-refractivity contribution in [3.63, 3.8) is 0 Å². The molecule has 0 spiro atoms. The van der Waals surface area contributed by atoms with Gasteiger partial charge in [-0.1, -0.05) is 60.1 Å². The number of hydrogen-bond acceptors (Lipinski definition) is 5. The standard InChI is InChI=1S/C25H26ClF2N2O7PS/c26-20-6-4-7-21(17-20)37-15-5-14-29-24(31)23(30-39(35,36)22-8-2-1-3-9-22)16-18-10-12-19(13-11-18)25(27,28)38(32,33)34/h1-4,6-13,17,23,30H,5,14-16H2,(H,29,31)(H2,32,33,34)/t23-/m0/s1. The number of amides is 1. The Kier molecular flexibility index (Phi) is 10.2. The van der Waals surface area contributed by atoms with Crippen LogP contribution >= 0.6 is 19.2 Å². The summed E-state index contributed by atoms with van der Waals surface area (Å²) in [5.41, 5.74) is -5.03. The Morgan fingerprint density at radius 1 is 1.03 bits per heavy atom. The van der Waals surface area contributed by atoms with Crippen molar-refractivity contribution in [3.8, 4) is 5.75 Å². The largest absolute Gasteiger partial charge is 0.493 e. The van der Waals surface area contributed by atoms with Crippen molar-refractivity contribution in [3.05, 3.63) is 95.0 Å². The lowest BCUT2D eigenvalue weighted by Gasteiger charge is -2.20. The van der Waals surface area contributed by atoms with Crippen LogP contribution in [0.5, 0.6) is 5.75 Å². The minimum Gasteiger partial charge on any atom is -0.493 e. The lowest BCUT2D eigenvalue weighted by Crippen LogP contribution is -2.48. The number of alkyl halides is 2. The van der Waals surface area contributed by atoms with Crippen LogP contribution in [0.3, 0.4) is 0 Å². The molecule has 0 saturated heterocycles. The van der Waals surface area contributed by atoms with E-state index >= 15 is 0 Å². The van der Waals surface area contributed by atoms with Crippen molar-refractivity contribution in [2.75, 3.05) is 13.2 Å². The molecule has 0 radical (unpaired) electrons. The molecule has 1 amide bonds. The molecule has 39 heavy (non-hydrogen) atoms. The van der Waals surface area contributed by atoms with Crippen LogP contribution in [0.4, 0.5) is 8.78 Å². The summed E-state index contributed by atoms with van der Waals surface area (Å²) in [6.07, 6.45) is 0.168. The van der Waals surface area contributed by atoms with Crippen molar-refractivity contribution < 1.29 is 41.1 Å². The fourth-order valence-corrected chi connectivity index (χ4v) is 5.32. The number of ether oxygens (including phenoxy) is 1. The molecule has 0 saturated carbocycles. The summed E-state index contributed by atoms with van der Waals surface area (Å²) in [6.45, 7) is 0.396. The van der Waals surface area contributed by atoms with Crippen LogP contribution in [-0.4, -0.2) is 43.3 Å². The molecular weight excluding hydrogens is 577 g/mol. The molecule has 0 unspecified atom stereocenters. The van der Waals surface area contributed by atoms with Gasteiger partial charge in [0, 0.05) is 17.1 Å². The second kappa shape index (κ2) is 13.0. The van der Waals surface area contributed by atoms with Gasteiger partial charge < -0.3 is 19.8 Å². The summed E-state index contributed by atoms with van der Waals surface area (Å²) >= 11 is 5.91. The molecule has 9 nitrogen and oxygen atoms in total. The maximum absolute atomic E-state index is 14.0. The maximum atomic E-state index is 14.0. The summed E-state index contributed by atoms with van der Waals surface area (Å²) in [6, 6.07) is 16.8. The van der Waals surface area contributed by atoms with E-state index in [9.17, 15) is 26.6 Å². The fourth-order valence-electron chi connectivity index (χ4n) is 3.44. The summed E-state index contributed by atoms with van der Waals surface area (Å²) in [5, 5.41) is 3.14. The van der Waals surface area contributed by atoms with Crippen LogP contribution in [0.25, 0.3) is 0 Å². The number of halogens is 3. The van der Waals surface area contributed by atoms with Crippen LogP contribution in [0, 0.1) is 0 Å². The van der Waals surface area contributed by atoms with Crippen LogP contribution < -0.4 is 14.8 Å². The zero-order valence-electron chi connectivity index (χ0n) is 20.3. The van der Waals surface area contributed by atoms with Crippen LogP contribution in [-0.2, 0) is 31.5 Å². The highest BCUT2D eigenvalue weighted by atomic mass is 35.5. The van der Waals surface area contributed by atoms with Crippen molar-refractivity contribution >= 4 is 35.1 Å². The molecule has 4 N–H and O–H groups in total. The van der Waals surface area contributed by atoms with Gasteiger partial charge in [0.15, 0.2) is 0 Å². The molecule has 3 aromatic rings. The van der Waals surface area contributed by atoms with Gasteiger partial charge in [-0.15, -0.1) is 0 Å². The number of carbonyl (C=O) groups excluding carboxylic acids is 1. The van der Waals surface area contributed by atoms with Crippen molar-refractivity contribution in [1.29, 1.82) is 0 Å². The van der Waals surface area contributed by atoms with E-state index in [4.69, 9.17) is 26.1 Å². The highest BCUT2D eigenvalue weighted by Crippen LogP contribution is 2.59. The van der Waals surface area contributed by atoms with Crippen LogP contribution in [0.2, 0.25) is 5.02 Å². The molecule has 1 atom stereocenters. The molecule has 0 bridgehead atoms. The smallest absolute Gasteiger partial charge is 0.399 e. The molecule has 3 aromatic carbocycles. The fraction of sp³-hybridized carbons (Fsp3) is 0.240. The van der Waals surface area contributed by atoms with E-state index in [1.165, 1.54) is 24.3 Å². The first-order chi connectivity index (χ1) is 18.3. The molecule has 0 aliphatic heterocycles. The molecule has 210 valence electrons. The van der Waals surface area contributed by atoms with E-state index in [0.29, 0.717) is 17.2 Å². The zero-order chi connectivity index (χ0) is 28.7. The third-order valence-corrected chi connectivity index (χ3v) is 8.17. The van der Waals surface area contributed by atoms with Gasteiger partial charge in [0.2, 0.25) is 15.9 Å². The highest BCUT2D eigenvalue weighted by molar-refractivity contribution is 7.89. The third-order valence-electron chi connectivity index (χ3n) is 5.46. The number of benzene rings is 3. The lowest BCUT2D eigenvalue weighted by molar-refractivity contribution is -0.122. The van der Waals surface area contributed by atoms with Gasteiger partial charge in [-0.25, -0.2) is 8.42 Å². The molecule has 0 heterocycles. The first-order valence-electron chi connectivity index (χ1n) is 11.6. The normalized spacial score (nSPS) is 13.1. The number of hydrogen-bond donors (Lipinski definition) is 4. The van der Waals surface area contributed by atoms with E-state index in [2.05, 4.69) is 10.0 Å². The number of rotatable bonds is 13. The Labute approximate surface area is 229 Å². The second-order valence-corrected chi connectivity index (χ2v) is 12.2. The van der Waals surface area contributed by atoms with Gasteiger partial charge in [0.25, 0.3) is 0 Å². The number of carbonyl (C=O) groups is 1. The van der Waals surface area contributed by atoms with Crippen molar-refractivity contribution in [2.45, 2.75) is 29.4 Å². The summed E-state index contributed by atoms with van der Waals surface area (Å²) in [7, 11) is -9.88. The van der Waals surface area contributed by atoms with Gasteiger partial charge in [-0.3, -0.25) is 9.36 Å². The molecule has 3 rings (SSSR count). The van der Waals surface area contributed by atoms with Crippen molar-refractivity contribution in [2.24, 2.45) is 0 Å². The Bertz CT molecular complexity index is 1420. The minimum absolute atomic E-state index is 0.0747. The Balaban J connectivity index is 1.70. The monoisotopic (exact) mass is 602 g/mol. The molecular formula is C25H26ClF2N2O7PS. The average Bonchev–Trinajstić information content (AvgIpc) is 2.88.